The van der Waals surface area contributed by atoms with Gasteiger partial charge in [-0.3, -0.25) is 9.69 Å². The molecule has 23 heavy (non-hydrogen) atoms. The molecular formula is C15H20FN3O4. The molecular weight excluding hydrogens is 305 g/mol. The van der Waals surface area contributed by atoms with Crippen molar-refractivity contribution in [2.45, 2.75) is 19.9 Å². The van der Waals surface area contributed by atoms with Crippen LogP contribution in [0.25, 0.3) is 0 Å². The summed E-state index contributed by atoms with van der Waals surface area (Å²) in [6, 6.07) is 3.63. The molecule has 0 aliphatic heterocycles. The van der Waals surface area contributed by atoms with Crippen LogP contribution in [0.4, 0.5) is 14.9 Å². The van der Waals surface area contributed by atoms with Gasteiger partial charge >= 0.3 is 12.0 Å². The second kappa shape index (κ2) is 8.11. The Morgan fingerprint density at radius 2 is 1.83 bits per heavy atom. The van der Waals surface area contributed by atoms with Gasteiger partial charge in [-0.25, -0.2) is 14.0 Å². The predicted molar refractivity (Wildman–Crippen MR) is 82.7 cm³/mol. The maximum absolute atomic E-state index is 13.0. The first kappa shape index (κ1) is 18.4. The van der Waals surface area contributed by atoms with Gasteiger partial charge in [0.1, 0.15) is 11.9 Å². The quantitative estimate of drug-likeness (QED) is 0.825. The Hall–Kier alpha value is -2.64. The smallest absolute Gasteiger partial charge is 0.326 e. The molecule has 0 fully saturated rings. The lowest BCUT2D eigenvalue weighted by Gasteiger charge is -2.31. The van der Waals surface area contributed by atoms with Crippen molar-refractivity contribution in [1.29, 1.82) is 0 Å². The van der Waals surface area contributed by atoms with Gasteiger partial charge in [0.2, 0.25) is 5.91 Å². The number of anilines is 1. The van der Waals surface area contributed by atoms with E-state index in [-0.39, 0.29) is 19.0 Å². The fourth-order valence-electron chi connectivity index (χ4n) is 1.91. The highest BCUT2D eigenvalue weighted by Gasteiger charge is 2.28. The third-order valence-electron chi connectivity index (χ3n) is 3.30. The Morgan fingerprint density at radius 1 is 1.26 bits per heavy atom. The molecule has 0 aliphatic rings. The average molecular weight is 325 g/mol. The number of hydrogen-bond acceptors (Lipinski definition) is 3. The van der Waals surface area contributed by atoms with Crippen LogP contribution in [0.15, 0.2) is 24.3 Å². The molecule has 0 saturated carbocycles. The van der Waals surface area contributed by atoms with Crippen LogP contribution in [0.1, 0.15) is 13.8 Å². The Kier molecular flexibility index (Phi) is 6.49. The molecule has 1 unspecified atom stereocenters. The molecule has 0 radical (unpaired) electrons. The minimum absolute atomic E-state index is 0.0391. The van der Waals surface area contributed by atoms with E-state index < -0.39 is 23.9 Å². The minimum atomic E-state index is -1.16. The van der Waals surface area contributed by atoms with E-state index in [2.05, 4.69) is 5.32 Å². The van der Waals surface area contributed by atoms with Crippen LogP contribution in [0.5, 0.6) is 0 Å². The van der Waals surface area contributed by atoms with Crippen molar-refractivity contribution in [1.82, 2.24) is 10.2 Å². The molecule has 1 aromatic rings. The number of rotatable bonds is 6. The van der Waals surface area contributed by atoms with Crippen molar-refractivity contribution in [2.24, 2.45) is 0 Å². The molecule has 8 heteroatoms. The summed E-state index contributed by atoms with van der Waals surface area (Å²) in [5.74, 6) is -1.86. The third-order valence-corrected chi connectivity index (χ3v) is 3.30. The number of carbonyl (C=O) groups excluding carboxylic acids is 2. The van der Waals surface area contributed by atoms with Crippen molar-refractivity contribution in [2.75, 3.05) is 25.0 Å². The average Bonchev–Trinajstić information content (AvgIpc) is 2.50. The SMILES string of the molecule is CC(=O)NCCN(C(=O)N(C)c1ccc(F)cc1)C(C)C(=O)O. The fourth-order valence-corrected chi connectivity index (χ4v) is 1.91. The zero-order chi connectivity index (χ0) is 17.6. The van der Waals surface area contributed by atoms with E-state index in [0.717, 1.165) is 4.90 Å². The maximum Gasteiger partial charge on any atom is 0.326 e. The second-order valence-electron chi connectivity index (χ2n) is 5.01. The number of nitrogens with one attached hydrogen (secondary N) is 1. The molecule has 0 bridgehead atoms. The van der Waals surface area contributed by atoms with Crippen LogP contribution >= 0.6 is 0 Å². The number of hydrogen-bond donors (Lipinski definition) is 2. The van der Waals surface area contributed by atoms with E-state index in [1.54, 1.807) is 0 Å². The summed E-state index contributed by atoms with van der Waals surface area (Å²) < 4.78 is 13.0. The van der Waals surface area contributed by atoms with Crippen LogP contribution in [-0.4, -0.2) is 54.1 Å². The number of urea groups is 1. The largest absolute Gasteiger partial charge is 0.480 e. The van der Waals surface area contributed by atoms with Crippen molar-refractivity contribution in [3.8, 4) is 0 Å². The molecule has 7 nitrogen and oxygen atoms in total. The Labute approximate surface area is 133 Å². The van der Waals surface area contributed by atoms with Crippen molar-refractivity contribution in [3.05, 3.63) is 30.1 Å². The summed E-state index contributed by atoms with van der Waals surface area (Å²) in [5, 5.41) is 11.7. The van der Waals surface area contributed by atoms with Crippen LogP contribution in [0.3, 0.4) is 0 Å². The summed E-state index contributed by atoms with van der Waals surface area (Å²) in [4.78, 5) is 37.0. The molecule has 3 amide bonds. The topological polar surface area (TPSA) is 90.0 Å². The fraction of sp³-hybridized carbons (Fsp3) is 0.400. The molecule has 1 rings (SSSR count). The van der Waals surface area contributed by atoms with E-state index in [4.69, 9.17) is 5.11 Å². The highest BCUT2D eigenvalue weighted by molar-refractivity contribution is 5.94. The lowest BCUT2D eigenvalue weighted by molar-refractivity contribution is -0.141. The van der Waals surface area contributed by atoms with Crippen molar-refractivity contribution < 1.29 is 23.9 Å². The number of aliphatic carboxylic acids is 1. The number of carboxylic acids is 1. The Balaban J connectivity index is 2.90. The molecule has 0 aliphatic carbocycles. The third kappa shape index (κ3) is 5.24. The van der Waals surface area contributed by atoms with Gasteiger partial charge in [-0.05, 0) is 31.2 Å². The van der Waals surface area contributed by atoms with Crippen LogP contribution < -0.4 is 10.2 Å². The first-order valence-electron chi connectivity index (χ1n) is 7.01. The van der Waals surface area contributed by atoms with E-state index in [1.165, 1.54) is 50.1 Å². The van der Waals surface area contributed by atoms with Crippen LogP contribution in [-0.2, 0) is 9.59 Å². The first-order valence-corrected chi connectivity index (χ1v) is 7.01. The highest BCUT2D eigenvalue weighted by Crippen LogP contribution is 2.16. The number of benzene rings is 1. The van der Waals surface area contributed by atoms with E-state index in [1.807, 2.05) is 0 Å². The number of carboxylic acid groups (broad SMARTS) is 1. The molecule has 0 spiro atoms. The maximum atomic E-state index is 13.0. The summed E-state index contributed by atoms with van der Waals surface area (Å²) in [7, 11) is 1.47. The van der Waals surface area contributed by atoms with Gasteiger partial charge in [-0.15, -0.1) is 0 Å². The first-order chi connectivity index (χ1) is 10.7. The summed E-state index contributed by atoms with van der Waals surface area (Å²) in [6.07, 6.45) is 0. The number of carbonyl (C=O) groups is 3. The Morgan fingerprint density at radius 3 is 2.30 bits per heavy atom. The molecule has 1 aromatic carbocycles. The van der Waals surface area contributed by atoms with Gasteiger partial charge < -0.3 is 15.3 Å². The van der Waals surface area contributed by atoms with Crippen molar-refractivity contribution >= 4 is 23.6 Å². The number of halogens is 1. The van der Waals surface area contributed by atoms with Gasteiger partial charge in [0.05, 0.1) is 0 Å². The van der Waals surface area contributed by atoms with Gasteiger partial charge in [-0.1, -0.05) is 0 Å². The summed E-state index contributed by atoms with van der Waals surface area (Å²) in [5.41, 5.74) is 0.429. The standard InChI is InChI=1S/C15H20FN3O4/c1-10(14(21)22)19(9-8-17-11(2)20)15(23)18(3)13-6-4-12(16)5-7-13/h4-7,10H,8-9H2,1-3H3,(H,17,20)(H,21,22). The molecule has 0 saturated heterocycles. The molecule has 0 aromatic heterocycles. The van der Waals surface area contributed by atoms with Gasteiger partial charge in [0.25, 0.3) is 0 Å². The van der Waals surface area contributed by atoms with E-state index in [0.29, 0.717) is 5.69 Å². The highest BCUT2D eigenvalue weighted by atomic mass is 19.1. The minimum Gasteiger partial charge on any atom is -0.480 e. The number of amides is 3. The summed E-state index contributed by atoms with van der Waals surface area (Å²) >= 11 is 0. The molecule has 1 atom stereocenters. The molecule has 0 heterocycles. The van der Waals surface area contributed by atoms with E-state index >= 15 is 0 Å². The zero-order valence-corrected chi connectivity index (χ0v) is 13.2. The predicted octanol–water partition coefficient (Wildman–Crippen LogP) is 1.29. The van der Waals surface area contributed by atoms with Crippen LogP contribution in [0, 0.1) is 5.82 Å². The van der Waals surface area contributed by atoms with Crippen LogP contribution in [0.2, 0.25) is 0 Å². The zero-order valence-electron chi connectivity index (χ0n) is 13.2. The van der Waals surface area contributed by atoms with Gasteiger partial charge in [0, 0.05) is 32.7 Å². The van der Waals surface area contributed by atoms with Crippen molar-refractivity contribution in [3.63, 3.8) is 0 Å². The normalized spacial score (nSPS) is 11.5. The van der Waals surface area contributed by atoms with Gasteiger partial charge in [0.15, 0.2) is 0 Å². The van der Waals surface area contributed by atoms with Gasteiger partial charge in [-0.2, -0.15) is 0 Å². The molecule has 126 valence electrons. The summed E-state index contributed by atoms with van der Waals surface area (Å²) in [6.45, 7) is 2.89. The number of nitrogens with zero attached hydrogens (tertiary/aromatic N) is 2. The van der Waals surface area contributed by atoms with E-state index in [9.17, 15) is 18.8 Å². The second-order valence-corrected chi connectivity index (χ2v) is 5.01. The Bertz CT molecular complexity index is 577. The lowest BCUT2D eigenvalue weighted by atomic mass is 10.2. The monoisotopic (exact) mass is 325 g/mol. The lowest BCUT2D eigenvalue weighted by Crippen LogP contribution is -2.51. The molecule has 2 N–H and O–H groups in total.